The molecule has 70 valence electrons. The van der Waals surface area contributed by atoms with E-state index in [9.17, 15) is 13.2 Å². The topological polar surface area (TPSA) is 38.4 Å². The second-order valence-corrected chi connectivity index (χ2v) is 2.21. The lowest BCUT2D eigenvalue weighted by Crippen LogP contribution is -2.20. The van der Waals surface area contributed by atoms with E-state index >= 15 is 0 Å². The summed E-state index contributed by atoms with van der Waals surface area (Å²) in [7, 11) is 0. The molecule has 0 radical (unpaired) electrons. The number of aliphatic imine (C=N–C) groups is 1. The number of nitrogens with two attached hydrogens (primary N) is 1. The Morgan fingerprint density at radius 2 is 2.00 bits per heavy atom. The van der Waals surface area contributed by atoms with Gasteiger partial charge < -0.3 is 5.73 Å². The van der Waals surface area contributed by atoms with Crippen LogP contribution in [0, 0.1) is 0 Å². The molecule has 0 rings (SSSR count). The third kappa shape index (κ3) is 4.00. The number of nitrogens with zero attached hydrogens (tertiary/aromatic N) is 1. The van der Waals surface area contributed by atoms with Crippen molar-refractivity contribution in [3.63, 3.8) is 0 Å². The smallest absolute Gasteiger partial charge is 0.395 e. The fourth-order valence-corrected chi connectivity index (χ4v) is 0.602. The van der Waals surface area contributed by atoms with E-state index in [1.807, 2.05) is 0 Å². The largest absolute Gasteiger partial charge is 0.430 e. The van der Waals surface area contributed by atoms with Gasteiger partial charge in [0.15, 0.2) is 0 Å². The van der Waals surface area contributed by atoms with Gasteiger partial charge in [0.05, 0.1) is 0 Å². The van der Waals surface area contributed by atoms with Gasteiger partial charge in [0.2, 0.25) is 0 Å². The van der Waals surface area contributed by atoms with E-state index in [0.717, 1.165) is 6.08 Å². The highest BCUT2D eigenvalue weighted by atomic mass is 19.4. The average molecular weight is 180 g/mol. The summed E-state index contributed by atoms with van der Waals surface area (Å²) >= 11 is 0. The first-order valence-electron chi connectivity index (χ1n) is 3.43. The molecule has 2 N–H and O–H groups in total. The van der Waals surface area contributed by atoms with E-state index < -0.39 is 11.9 Å². The fourth-order valence-electron chi connectivity index (χ4n) is 0.602. The molecule has 0 aromatic rings. The first kappa shape index (κ1) is 11.0. The number of halogens is 3. The summed E-state index contributed by atoms with van der Waals surface area (Å²) in [5.74, 6) is 0. The Labute approximate surface area is 69.0 Å². The van der Waals surface area contributed by atoms with Crippen LogP contribution in [0.3, 0.4) is 0 Å². The molecule has 0 spiro atoms. The van der Waals surface area contributed by atoms with Gasteiger partial charge in [-0.3, -0.25) is 4.99 Å². The second kappa shape index (κ2) is 4.13. The lowest BCUT2D eigenvalue weighted by molar-refractivity contribution is -0.0925. The van der Waals surface area contributed by atoms with Gasteiger partial charge in [-0.05, 0) is 19.9 Å². The highest BCUT2D eigenvalue weighted by molar-refractivity contribution is 5.93. The molecule has 2 nitrogen and oxygen atoms in total. The summed E-state index contributed by atoms with van der Waals surface area (Å²) in [5.41, 5.74) is 3.91. The molecular formula is C7H11F3N2. The lowest BCUT2D eigenvalue weighted by Gasteiger charge is -2.05. The maximum absolute atomic E-state index is 11.8. The van der Waals surface area contributed by atoms with Gasteiger partial charge in [-0.1, -0.05) is 0 Å². The molecule has 0 aromatic heterocycles. The van der Waals surface area contributed by atoms with E-state index in [1.54, 1.807) is 6.92 Å². The van der Waals surface area contributed by atoms with Crippen LogP contribution in [-0.4, -0.2) is 18.4 Å². The summed E-state index contributed by atoms with van der Waals surface area (Å²) in [4.78, 5) is 3.74. The Kier molecular flexibility index (Phi) is 3.79. The predicted molar refractivity (Wildman–Crippen MR) is 42.0 cm³/mol. The maximum Gasteiger partial charge on any atom is 0.430 e. The first-order valence-corrected chi connectivity index (χ1v) is 3.43. The SMILES string of the molecule is CCN=C(C)/C=C(\N)C(F)(F)F. The highest BCUT2D eigenvalue weighted by Crippen LogP contribution is 2.20. The normalized spacial score (nSPS) is 15.1. The van der Waals surface area contributed by atoms with Crippen molar-refractivity contribution in [2.24, 2.45) is 10.7 Å². The molecule has 5 heteroatoms. The molecule has 0 fully saturated rings. The summed E-state index contributed by atoms with van der Waals surface area (Å²) in [6, 6.07) is 0. The molecule has 0 amide bonds. The molecule has 0 aromatic carbocycles. The molecule has 0 heterocycles. The van der Waals surface area contributed by atoms with Crippen LogP contribution in [-0.2, 0) is 0 Å². The monoisotopic (exact) mass is 180 g/mol. The van der Waals surface area contributed by atoms with Gasteiger partial charge in [-0.2, -0.15) is 13.2 Å². The van der Waals surface area contributed by atoms with Gasteiger partial charge in [-0.25, -0.2) is 0 Å². The van der Waals surface area contributed by atoms with Crippen molar-refractivity contribution >= 4 is 5.71 Å². The van der Waals surface area contributed by atoms with Gasteiger partial charge in [-0.15, -0.1) is 0 Å². The first-order chi connectivity index (χ1) is 5.38. The fraction of sp³-hybridized carbons (Fsp3) is 0.571. The van der Waals surface area contributed by atoms with Crippen molar-refractivity contribution in [3.05, 3.63) is 11.8 Å². The molecule has 0 aliphatic heterocycles. The Morgan fingerprint density at radius 1 is 1.50 bits per heavy atom. The molecule has 0 unspecified atom stereocenters. The molecule has 0 aliphatic carbocycles. The van der Waals surface area contributed by atoms with Crippen LogP contribution in [0.4, 0.5) is 13.2 Å². The predicted octanol–water partition coefficient (Wildman–Crippen LogP) is 1.87. The standard InChI is InChI=1S/C7H11F3N2/c1-3-12-5(2)4-6(11)7(8,9)10/h4H,3,11H2,1-2H3/b6-4-,12-5?. The minimum Gasteiger partial charge on any atom is -0.395 e. The second-order valence-electron chi connectivity index (χ2n) is 2.21. The zero-order valence-electron chi connectivity index (χ0n) is 6.94. The van der Waals surface area contributed by atoms with Crippen LogP contribution in [0.15, 0.2) is 16.8 Å². The van der Waals surface area contributed by atoms with Gasteiger partial charge in [0.25, 0.3) is 0 Å². The Bertz CT molecular complexity index is 203. The average Bonchev–Trinajstić information content (AvgIpc) is 1.85. The minimum atomic E-state index is -4.45. The number of allylic oxidation sites excluding steroid dienone is 2. The van der Waals surface area contributed by atoms with E-state index in [4.69, 9.17) is 5.73 Å². The summed E-state index contributed by atoms with van der Waals surface area (Å²) < 4.78 is 35.4. The molecule has 0 saturated carbocycles. The van der Waals surface area contributed by atoms with Crippen molar-refractivity contribution in [1.82, 2.24) is 0 Å². The third-order valence-corrected chi connectivity index (χ3v) is 1.10. The molecule has 0 bridgehead atoms. The molecule has 0 aliphatic rings. The quantitative estimate of drug-likeness (QED) is 0.647. The Hall–Kier alpha value is -1.00. The van der Waals surface area contributed by atoms with Crippen LogP contribution in [0.25, 0.3) is 0 Å². The van der Waals surface area contributed by atoms with Gasteiger partial charge in [0.1, 0.15) is 5.70 Å². The zero-order chi connectivity index (χ0) is 9.78. The van der Waals surface area contributed by atoms with Crippen LogP contribution >= 0.6 is 0 Å². The third-order valence-electron chi connectivity index (χ3n) is 1.10. The van der Waals surface area contributed by atoms with Crippen LogP contribution in [0.2, 0.25) is 0 Å². The van der Waals surface area contributed by atoms with Crippen molar-refractivity contribution in [2.75, 3.05) is 6.54 Å². The molecule has 12 heavy (non-hydrogen) atoms. The number of rotatable bonds is 2. The van der Waals surface area contributed by atoms with E-state index in [-0.39, 0.29) is 5.71 Å². The molecular weight excluding hydrogens is 169 g/mol. The Balaban J connectivity index is 4.47. The zero-order valence-corrected chi connectivity index (χ0v) is 6.94. The van der Waals surface area contributed by atoms with Crippen LogP contribution in [0.1, 0.15) is 13.8 Å². The van der Waals surface area contributed by atoms with Gasteiger partial charge >= 0.3 is 6.18 Å². The van der Waals surface area contributed by atoms with Crippen molar-refractivity contribution in [2.45, 2.75) is 20.0 Å². The summed E-state index contributed by atoms with van der Waals surface area (Å²) in [6.45, 7) is 3.66. The van der Waals surface area contributed by atoms with E-state index in [2.05, 4.69) is 4.99 Å². The number of alkyl halides is 3. The van der Waals surface area contributed by atoms with E-state index in [0.29, 0.717) is 6.54 Å². The number of hydrogen-bond donors (Lipinski definition) is 1. The summed E-state index contributed by atoms with van der Waals surface area (Å²) in [5, 5.41) is 0. The van der Waals surface area contributed by atoms with Crippen LogP contribution in [0.5, 0.6) is 0 Å². The Morgan fingerprint density at radius 3 is 2.33 bits per heavy atom. The molecule has 0 atom stereocenters. The molecule has 0 saturated heterocycles. The van der Waals surface area contributed by atoms with Crippen molar-refractivity contribution in [3.8, 4) is 0 Å². The highest BCUT2D eigenvalue weighted by Gasteiger charge is 2.31. The minimum absolute atomic E-state index is 0.285. The van der Waals surface area contributed by atoms with Crippen molar-refractivity contribution < 1.29 is 13.2 Å². The van der Waals surface area contributed by atoms with E-state index in [1.165, 1.54) is 6.92 Å². The van der Waals surface area contributed by atoms with Gasteiger partial charge in [0, 0.05) is 12.3 Å². The van der Waals surface area contributed by atoms with Crippen molar-refractivity contribution in [1.29, 1.82) is 0 Å². The maximum atomic E-state index is 11.8. The lowest BCUT2D eigenvalue weighted by atomic mass is 10.3. The van der Waals surface area contributed by atoms with Crippen LogP contribution < -0.4 is 5.73 Å². The summed E-state index contributed by atoms with van der Waals surface area (Å²) in [6.07, 6.45) is -3.63. The number of hydrogen-bond acceptors (Lipinski definition) is 2.